The number of rotatable bonds is 5. The quantitative estimate of drug-likeness (QED) is 0.399. The third-order valence-electron chi connectivity index (χ3n) is 3.44. The standard InChI is InChI=1S/C15H30N2O2/c1-7-14(5,6)18-19-15(11-9-8-10-12-15)17-16-13(2,3)4/h7-12H2,1-6H3/b17-16+. The summed E-state index contributed by atoms with van der Waals surface area (Å²) >= 11 is 0. The van der Waals surface area contributed by atoms with E-state index in [-0.39, 0.29) is 11.1 Å². The van der Waals surface area contributed by atoms with Crippen LogP contribution >= 0.6 is 0 Å². The van der Waals surface area contributed by atoms with Gasteiger partial charge in [-0.2, -0.15) is 10.2 Å². The minimum Gasteiger partial charge on any atom is -0.228 e. The summed E-state index contributed by atoms with van der Waals surface area (Å²) in [7, 11) is 0. The van der Waals surface area contributed by atoms with Crippen LogP contribution in [0.1, 0.15) is 80.1 Å². The first-order valence-electron chi connectivity index (χ1n) is 7.49. The molecule has 0 saturated heterocycles. The van der Waals surface area contributed by atoms with Crippen LogP contribution in [0.3, 0.4) is 0 Å². The summed E-state index contributed by atoms with van der Waals surface area (Å²) in [4.78, 5) is 11.4. The zero-order chi connectivity index (χ0) is 14.6. The van der Waals surface area contributed by atoms with Gasteiger partial charge in [-0.05, 0) is 53.9 Å². The molecular formula is C15H30N2O2. The number of hydrogen-bond donors (Lipinski definition) is 0. The smallest absolute Gasteiger partial charge is 0.212 e. The molecule has 0 aromatic heterocycles. The average Bonchev–Trinajstić information content (AvgIpc) is 2.35. The predicted molar refractivity (Wildman–Crippen MR) is 77.0 cm³/mol. The van der Waals surface area contributed by atoms with Crippen LogP contribution in [-0.4, -0.2) is 16.9 Å². The molecule has 1 rings (SSSR count). The monoisotopic (exact) mass is 270 g/mol. The van der Waals surface area contributed by atoms with Gasteiger partial charge >= 0.3 is 0 Å². The van der Waals surface area contributed by atoms with E-state index in [9.17, 15) is 0 Å². The molecule has 1 fully saturated rings. The Bertz CT molecular complexity index is 300. The van der Waals surface area contributed by atoms with Gasteiger partial charge in [-0.1, -0.05) is 13.3 Å². The molecule has 0 heterocycles. The Morgan fingerprint density at radius 3 is 2.05 bits per heavy atom. The number of azo groups is 1. The molecule has 0 N–H and O–H groups in total. The summed E-state index contributed by atoms with van der Waals surface area (Å²) in [5.41, 5.74) is -1.02. The zero-order valence-electron chi connectivity index (χ0n) is 13.5. The van der Waals surface area contributed by atoms with Crippen LogP contribution in [0, 0.1) is 0 Å². The van der Waals surface area contributed by atoms with E-state index >= 15 is 0 Å². The third-order valence-corrected chi connectivity index (χ3v) is 3.44. The molecule has 0 spiro atoms. The van der Waals surface area contributed by atoms with E-state index in [0.717, 1.165) is 32.1 Å². The van der Waals surface area contributed by atoms with Gasteiger partial charge in [-0.15, -0.1) is 0 Å². The van der Waals surface area contributed by atoms with E-state index in [1.54, 1.807) is 0 Å². The average molecular weight is 270 g/mol. The molecule has 0 bridgehead atoms. The first-order valence-corrected chi connectivity index (χ1v) is 7.49. The lowest BCUT2D eigenvalue weighted by atomic mass is 9.92. The van der Waals surface area contributed by atoms with Crippen molar-refractivity contribution in [2.75, 3.05) is 0 Å². The molecule has 0 atom stereocenters. The lowest BCUT2D eigenvalue weighted by molar-refractivity contribution is -0.412. The SMILES string of the molecule is CCC(C)(C)OOC1(/N=N/C(C)(C)C)CCCCC1. The van der Waals surface area contributed by atoms with Crippen molar-refractivity contribution in [2.45, 2.75) is 96.9 Å². The van der Waals surface area contributed by atoms with Crippen LogP contribution in [0.5, 0.6) is 0 Å². The molecule has 0 aliphatic heterocycles. The molecule has 0 unspecified atom stereocenters. The van der Waals surface area contributed by atoms with Gasteiger partial charge in [0.2, 0.25) is 5.72 Å². The van der Waals surface area contributed by atoms with Gasteiger partial charge in [0.25, 0.3) is 0 Å². The van der Waals surface area contributed by atoms with Crippen LogP contribution in [0.15, 0.2) is 10.2 Å². The fraction of sp³-hybridized carbons (Fsp3) is 1.00. The van der Waals surface area contributed by atoms with Crippen molar-refractivity contribution in [3.63, 3.8) is 0 Å². The largest absolute Gasteiger partial charge is 0.228 e. The topological polar surface area (TPSA) is 43.2 Å². The molecule has 112 valence electrons. The molecule has 19 heavy (non-hydrogen) atoms. The van der Waals surface area contributed by atoms with E-state index < -0.39 is 5.72 Å². The second-order valence-electron chi connectivity index (χ2n) is 7.16. The second kappa shape index (κ2) is 6.31. The van der Waals surface area contributed by atoms with E-state index in [0.29, 0.717) is 0 Å². The van der Waals surface area contributed by atoms with Crippen molar-refractivity contribution in [2.24, 2.45) is 10.2 Å². The van der Waals surface area contributed by atoms with E-state index in [1.165, 1.54) is 6.42 Å². The Kier molecular flexibility index (Phi) is 5.51. The van der Waals surface area contributed by atoms with E-state index in [4.69, 9.17) is 9.78 Å². The third kappa shape index (κ3) is 6.00. The van der Waals surface area contributed by atoms with Gasteiger partial charge in [0.1, 0.15) is 0 Å². The van der Waals surface area contributed by atoms with E-state index in [2.05, 4.69) is 17.2 Å². The Morgan fingerprint density at radius 2 is 1.58 bits per heavy atom. The van der Waals surface area contributed by atoms with Gasteiger partial charge in [-0.3, -0.25) is 0 Å². The zero-order valence-corrected chi connectivity index (χ0v) is 13.5. The number of hydrogen-bond acceptors (Lipinski definition) is 4. The Hall–Kier alpha value is -0.480. The van der Waals surface area contributed by atoms with Crippen molar-refractivity contribution in [1.29, 1.82) is 0 Å². The molecule has 4 heteroatoms. The van der Waals surface area contributed by atoms with Gasteiger partial charge in [-0.25, -0.2) is 9.78 Å². The first kappa shape index (κ1) is 16.6. The van der Waals surface area contributed by atoms with Crippen LogP contribution < -0.4 is 0 Å². The van der Waals surface area contributed by atoms with Crippen molar-refractivity contribution < 1.29 is 9.78 Å². The summed E-state index contributed by atoms with van der Waals surface area (Å²) in [6, 6.07) is 0. The summed E-state index contributed by atoms with van der Waals surface area (Å²) in [5, 5.41) is 8.90. The van der Waals surface area contributed by atoms with Gasteiger partial charge < -0.3 is 0 Å². The van der Waals surface area contributed by atoms with Crippen LogP contribution in [0.25, 0.3) is 0 Å². The Balaban J connectivity index is 2.73. The lowest BCUT2D eigenvalue weighted by Crippen LogP contribution is -2.37. The normalized spacial score (nSPS) is 20.9. The predicted octanol–water partition coefficient (Wildman–Crippen LogP) is 5.03. The molecule has 0 radical (unpaired) electrons. The Labute approximate surface area is 117 Å². The summed E-state index contributed by atoms with van der Waals surface area (Å²) < 4.78 is 0. The van der Waals surface area contributed by atoms with Crippen molar-refractivity contribution in [3.05, 3.63) is 0 Å². The highest BCUT2D eigenvalue weighted by atomic mass is 17.2. The van der Waals surface area contributed by atoms with Crippen LogP contribution in [-0.2, 0) is 9.78 Å². The maximum atomic E-state index is 5.76. The second-order valence-corrected chi connectivity index (χ2v) is 7.16. The number of nitrogens with zero attached hydrogens (tertiary/aromatic N) is 2. The molecule has 0 aromatic rings. The Morgan fingerprint density at radius 1 is 1.00 bits per heavy atom. The van der Waals surface area contributed by atoms with Gasteiger partial charge in [0, 0.05) is 12.8 Å². The molecule has 1 saturated carbocycles. The lowest BCUT2D eigenvalue weighted by Gasteiger charge is -2.34. The minimum atomic E-state index is -0.571. The minimum absolute atomic E-state index is 0.173. The maximum Gasteiger partial charge on any atom is 0.212 e. The van der Waals surface area contributed by atoms with Crippen molar-refractivity contribution in [1.82, 2.24) is 0 Å². The van der Waals surface area contributed by atoms with Crippen molar-refractivity contribution >= 4 is 0 Å². The fourth-order valence-electron chi connectivity index (χ4n) is 1.79. The van der Waals surface area contributed by atoms with Gasteiger partial charge in [0.15, 0.2) is 0 Å². The van der Waals surface area contributed by atoms with Crippen molar-refractivity contribution in [3.8, 4) is 0 Å². The fourth-order valence-corrected chi connectivity index (χ4v) is 1.79. The van der Waals surface area contributed by atoms with Gasteiger partial charge in [0.05, 0.1) is 11.1 Å². The highest BCUT2D eigenvalue weighted by molar-refractivity contribution is 4.81. The summed E-state index contributed by atoms with van der Waals surface area (Å²) in [5.74, 6) is 0. The molecule has 0 amide bonds. The molecule has 4 nitrogen and oxygen atoms in total. The first-order chi connectivity index (χ1) is 8.68. The highest BCUT2D eigenvalue weighted by Crippen LogP contribution is 2.35. The molecular weight excluding hydrogens is 240 g/mol. The highest BCUT2D eigenvalue weighted by Gasteiger charge is 2.37. The summed E-state index contributed by atoms with van der Waals surface area (Å²) in [6.07, 6.45) is 6.18. The van der Waals surface area contributed by atoms with Crippen LogP contribution in [0.2, 0.25) is 0 Å². The maximum absolute atomic E-state index is 5.76. The van der Waals surface area contributed by atoms with Crippen LogP contribution in [0.4, 0.5) is 0 Å². The van der Waals surface area contributed by atoms with E-state index in [1.807, 2.05) is 34.6 Å². The molecule has 1 aliphatic rings. The molecule has 1 aliphatic carbocycles. The molecule has 0 aromatic carbocycles. The summed E-state index contributed by atoms with van der Waals surface area (Å²) in [6.45, 7) is 12.3.